The quantitative estimate of drug-likeness (QED) is 0.100. The highest BCUT2D eigenvalue weighted by atomic mass is 16.5. The summed E-state index contributed by atoms with van der Waals surface area (Å²) in [7, 11) is 0. The van der Waals surface area contributed by atoms with E-state index < -0.39 is 24.3 Å². The zero-order valence-corrected chi connectivity index (χ0v) is 25.9. The molecule has 0 radical (unpaired) electrons. The van der Waals surface area contributed by atoms with E-state index in [-0.39, 0.29) is 42.7 Å². The first-order valence-corrected chi connectivity index (χ1v) is 14.8. The van der Waals surface area contributed by atoms with E-state index in [1.807, 2.05) is 58.9 Å². The fourth-order valence-corrected chi connectivity index (χ4v) is 4.90. The molecule has 0 aliphatic carbocycles. The van der Waals surface area contributed by atoms with Crippen molar-refractivity contribution in [3.63, 3.8) is 0 Å². The molecule has 41 heavy (non-hydrogen) atoms. The topological polar surface area (TPSA) is 124 Å². The Morgan fingerprint density at radius 2 is 1.68 bits per heavy atom. The largest absolute Gasteiger partial charge is 0.478 e. The second-order valence-electron chi connectivity index (χ2n) is 11.8. The van der Waals surface area contributed by atoms with Gasteiger partial charge in [0.05, 0.1) is 18.3 Å². The van der Waals surface area contributed by atoms with Gasteiger partial charge in [-0.25, -0.2) is 4.79 Å². The van der Waals surface area contributed by atoms with Gasteiger partial charge in [0.15, 0.2) is 0 Å². The van der Waals surface area contributed by atoms with Crippen LogP contribution in [0, 0.1) is 17.8 Å². The van der Waals surface area contributed by atoms with Gasteiger partial charge in [0, 0.05) is 24.8 Å². The average molecular weight is 573 g/mol. The molecule has 230 valence electrons. The van der Waals surface area contributed by atoms with E-state index in [4.69, 9.17) is 4.74 Å². The number of esters is 1. The number of carboxylic acid groups (broad SMARTS) is 1. The first-order chi connectivity index (χ1) is 19.2. The molecule has 0 aromatic heterocycles. The van der Waals surface area contributed by atoms with Crippen molar-refractivity contribution < 1.29 is 34.8 Å². The van der Waals surface area contributed by atoms with Gasteiger partial charge in [0.1, 0.15) is 6.10 Å². The maximum atomic E-state index is 12.4. The highest BCUT2D eigenvalue weighted by Gasteiger charge is 2.27. The van der Waals surface area contributed by atoms with Crippen LogP contribution in [-0.2, 0) is 14.3 Å². The van der Waals surface area contributed by atoms with Gasteiger partial charge >= 0.3 is 11.9 Å². The van der Waals surface area contributed by atoms with Crippen molar-refractivity contribution in [2.75, 3.05) is 0 Å². The smallest absolute Gasteiger partial charge is 0.331 e. The molecule has 4 N–H and O–H groups in total. The molecule has 0 amide bonds. The molecule has 1 heterocycles. The van der Waals surface area contributed by atoms with Crippen molar-refractivity contribution in [3.8, 4) is 0 Å². The Bertz CT molecular complexity index is 1030. The van der Waals surface area contributed by atoms with Crippen LogP contribution in [0.5, 0.6) is 0 Å². The van der Waals surface area contributed by atoms with E-state index in [9.17, 15) is 30.0 Å². The molecular formula is C34H52O7. The number of aliphatic hydroxyl groups is 3. The van der Waals surface area contributed by atoms with Gasteiger partial charge in [-0.15, -0.1) is 0 Å². The predicted octanol–water partition coefficient (Wildman–Crippen LogP) is 6.23. The fourth-order valence-electron chi connectivity index (χ4n) is 4.90. The Labute approximate surface area is 246 Å². The number of hydrogen-bond acceptors (Lipinski definition) is 6. The summed E-state index contributed by atoms with van der Waals surface area (Å²) >= 11 is 0. The number of rotatable bonds is 11. The molecule has 0 aromatic carbocycles. The Morgan fingerprint density at radius 3 is 2.29 bits per heavy atom. The number of carbonyl (C=O) groups is 2. The number of hydrogen-bond donors (Lipinski definition) is 4. The van der Waals surface area contributed by atoms with Gasteiger partial charge in [0.25, 0.3) is 0 Å². The second kappa shape index (κ2) is 18.6. The van der Waals surface area contributed by atoms with Gasteiger partial charge in [-0.1, -0.05) is 80.0 Å². The maximum absolute atomic E-state index is 12.4. The van der Waals surface area contributed by atoms with E-state index in [0.29, 0.717) is 24.8 Å². The molecule has 0 spiro atoms. The summed E-state index contributed by atoms with van der Waals surface area (Å²) in [5.41, 5.74) is 2.83. The standard InChI is InChI=1S/C34H52O7/c1-22(2)32-16-9-8-14-26(6)28(15-11-17-33(38)41-32)29(34(39)40)19-25(5)18-23(3)12-10-13-24(4)20-30(36)31(37)21-27(7)35/h8-10,12-13,18-20,22,26-28,30-32,35-37H,11,14-17,21H2,1-7H3,(H,39,40)/t26-,27+,28-,30-,31-,32+/m0/s1. The number of carbonyl (C=O) groups excluding carboxylic acids is 1. The summed E-state index contributed by atoms with van der Waals surface area (Å²) in [6.45, 7) is 13.3. The SMILES string of the molecule is CC(=CC=CC(C)=C[C@H](O)[C@@H](O)C[C@@H](C)O)C=C(C)C=C(C(=O)O)[C@H]1CCCC(=O)O[C@@H](C(C)C)CC=CC[C@@H]1C. The van der Waals surface area contributed by atoms with Crippen LogP contribution in [0.4, 0.5) is 0 Å². The third kappa shape index (κ3) is 14.6. The van der Waals surface area contributed by atoms with Crippen molar-refractivity contribution in [2.45, 2.75) is 111 Å². The maximum Gasteiger partial charge on any atom is 0.331 e. The minimum Gasteiger partial charge on any atom is -0.478 e. The van der Waals surface area contributed by atoms with E-state index in [1.54, 1.807) is 19.1 Å². The van der Waals surface area contributed by atoms with E-state index >= 15 is 0 Å². The van der Waals surface area contributed by atoms with Crippen LogP contribution in [0.2, 0.25) is 0 Å². The molecule has 7 heteroatoms. The monoisotopic (exact) mass is 572 g/mol. The van der Waals surface area contributed by atoms with Gasteiger partial charge in [0.2, 0.25) is 0 Å². The third-order valence-electron chi connectivity index (χ3n) is 7.27. The highest BCUT2D eigenvalue weighted by Crippen LogP contribution is 2.31. The van der Waals surface area contributed by atoms with Gasteiger partial charge in [-0.2, -0.15) is 0 Å². The van der Waals surface area contributed by atoms with Crippen LogP contribution in [0.3, 0.4) is 0 Å². The average Bonchev–Trinajstić information content (AvgIpc) is 2.85. The molecule has 1 aliphatic rings. The zero-order valence-electron chi connectivity index (χ0n) is 25.9. The lowest BCUT2D eigenvalue weighted by molar-refractivity contribution is -0.151. The van der Waals surface area contributed by atoms with Crippen LogP contribution in [0.15, 0.2) is 70.9 Å². The highest BCUT2D eigenvalue weighted by molar-refractivity contribution is 5.88. The number of allylic oxidation sites excluding steroid dienone is 9. The minimum absolute atomic E-state index is 0.0885. The molecule has 0 aromatic rings. The van der Waals surface area contributed by atoms with E-state index in [0.717, 1.165) is 23.1 Å². The lowest BCUT2D eigenvalue weighted by atomic mass is 9.80. The molecule has 0 unspecified atom stereocenters. The van der Waals surface area contributed by atoms with Gasteiger partial charge < -0.3 is 25.2 Å². The normalized spacial score (nSPS) is 25.0. The van der Waals surface area contributed by atoms with Crippen LogP contribution in [-0.4, -0.2) is 56.8 Å². The zero-order chi connectivity index (χ0) is 31.1. The lowest BCUT2D eigenvalue weighted by Gasteiger charge is -2.26. The Kier molecular flexibility index (Phi) is 16.5. The number of carboxylic acids is 1. The molecule has 7 nitrogen and oxygen atoms in total. The number of aliphatic carboxylic acids is 1. The first kappa shape index (κ1) is 36.3. The van der Waals surface area contributed by atoms with Gasteiger partial charge in [-0.3, -0.25) is 4.79 Å². The second-order valence-corrected chi connectivity index (χ2v) is 11.8. The Hall–Kier alpha value is -2.74. The molecule has 0 bridgehead atoms. The van der Waals surface area contributed by atoms with Crippen molar-refractivity contribution in [1.29, 1.82) is 0 Å². The summed E-state index contributed by atoms with van der Waals surface area (Å²) in [6, 6.07) is 0. The molecule has 1 rings (SSSR count). The Morgan fingerprint density at radius 1 is 1.02 bits per heavy atom. The molecule has 6 atom stereocenters. The van der Waals surface area contributed by atoms with Crippen LogP contribution >= 0.6 is 0 Å². The predicted molar refractivity (Wildman–Crippen MR) is 164 cm³/mol. The summed E-state index contributed by atoms with van der Waals surface area (Å²) in [5, 5.41) is 39.5. The van der Waals surface area contributed by atoms with E-state index in [1.165, 1.54) is 6.08 Å². The fraction of sp³-hybridized carbons (Fsp3) is 0.588. The van der Waals surface area contributed by atoms with Crippen LogP contribution < -0.4 is 0 Å². The Balaban J connectivity index is 3.07. The minimum atomic E-state index is -1.07. The van der Waals surface area contributed by atoms with Crippen molar-refractivity contribution in [1.82, 2.24) is 0 Å². The number of ether oxygens (including phenoxy) is 1. The first-order valence-electron chi connectivity index (χ1n) is 14.8. The summed E-state index contributed by atoms with van der Waals surface area (Å²) in [5.74, 6) is -1.06. The van der Waals surface area contributed by atoms with Crippen molar-refractivity contribution in [2.24, 2.45) is 17.8 Å². The summed E-state index contributed by atoms with van der Waals surface area (Å²) < 4.78 is 5.67. The molecule has 0 saturated heterocycles. The molecule has 0 saturated carbocycles. The van der Waals surface area contributed by atoms with Crippen molar-refractivity contribution in [3.05, 3.63) is 70.9 Å². The lowest BCUT2D eigenvalue weighted by Crippen LogP contribution is -2.27. The summed E-state index contributed by atoms with van der Waals surface area (Å²) in [6.07, 6.45) is 14.8. The van der Waals surface area contributed by atoms with Crippen LogP contribution in [0.25, 0.3) is 0 Å². The molecule has 0 fully saturated rings. The number of cyclic esters (lactones) is 1. The number of aliphatic hydroxyl groups excluding tert-OH is 3. The summed E-state index contributed by atoms with van der Waals surface area (Å²) in [4.78, 5) is 24.8. The molecular weight excluding hydrogens is 520 g/mol. The van der Waals surface area contributed by atoms with Gasteiger partial charge in [-0.05, 0) is 70.8 Å². The van der Waals surface area contributed by atoms with E-state index in [2.05, 4.69) is 13.0 Å². The third-order valence-corrected chi connectivity index (χ3v) is 7.27. The van der Waals surface area contributed by atoms with Crippen LogP contribution in [0.1, 0.15) is 87.0 Å². The molecule has 1 aliphatic heterocycles. The van der Waals surface area contributed by atoms with Crippen molar-refractivity contribution >= 4 is 11.9 Å².